The van der Waals surface area contributed by atoms with Gasteiger partial charge in [0.15, 0.2) is 8.32 Å². The fraction of sp³-hybridized carbons (Fsp3) is 0.842. The van der Waals surface area contributed by atoms with E-state index in [0.29, 0.717) is 18.4 Å². The Morgan fingerprint density at radius 3 is 2.39 bits per heavy atom. The van der Waals surface area contributed by atoms with Crippen molar-refractivity contribution in [3.63, 3.8) is 0 Å². The molecule has 1 aliphatic rings. The highest BCUT2D eigenvalue weighted by Gasteiger charge is 2.45. The van der Waals surface area contributed by atoms with Crippen molar-refractivity contribution in [3.05, 3.63) is 11.6 Å². The van der Waals surface area contributed by atoms with Gasteiger partial charge in [0.05, 0.1) is 6.61 Å². The fourth-order valence-electron chi connectivity index (χ4n) is 2.87. The largest absolute Gasteiger partial charge is 0.463 e. The maximum atomic E-state index is 11.8. The summed E-state index contributed by atoms with van der Waals surface area (Å²) >= 11 is 0. The topological polar surface area (TPSA) is 35.5 Å². The predicted octanol–water partition coefficient (Wildman–Crippen LogP) is 5.18. The first-order chi connectivity index (χ1) is 10.3. The van der Waals surface area contributed by atoms with Crippen LogP contribution in [-0.2, 0) is 14.0 Å². The van der Waals surface area contributed by atoms with Crippen molar-refractivity contribution in [1.82, 2.24) is 0 Å². The monoisotopic (exact) mass is 340 g/mol. The summed E-state index contributed by atoms with van der Waals surface area (Å²) in [6.45, 7) is 21.3. The van der Waals surface area contributed by atoms with Gasteiger partial charge in [0, 0.05) is 12.7 Å². The van der Waals surface area contributed by atoms with E-state index in [2.05, 4.69) is 54.6 Å². The van der Waals surface area contributed by atoms with E-state index < -0.39 is 8.32 Å². The summed E-state index contributed by atoms with van der Waals surface area (Å²) < 4.78 is 11.5. The number of ether oxygens (including phenoxy) is 1. The van der Waals surface area contributed by atoms with Gasteiger partial charge in [-0.3, -0.25) is 0 Å². The SMILES string of the molecule is CCOC(=O)/C=C1/C[C@@H](CO[Si](C)(C)C(C)(C)C)C(C)(C)[C@@H]1C. The molecule has 1 rings (SSSR count). The lowest BCUT2D eigenvalue weighted by Crippen LogP contribution is -2.43. The van der Waals surface area contributed by atoms with Gasteiger partial charge in [0.2, 0.25) is 0 Å². The van der Waals surface area contributed by atoms with Crippen LogP contribution in [-0.4, -0.2) is 27.5 Å². The maximum absolute atomic E-state index is 11.8. The first kappa shape index (κ1) is 20.4. The van der Waals surface area contributed by atoms with Gasteiger partial charge in [-0.1, -0.05) is 47.1 Å². The quantitative estimate of drug-likeness (QED) is 0.393. The fourth-order valence-corrected chi connectivity index (χ4v) is 3.92. The second-order valence-electron chi connectivity index (χ2n) is 8.99. The Hall–Kier alpha value is -0.613. The number of esters is 1. The zero-order chi connectivity index (χ0) is 18.1. The van der Waals surface area contributed by atoms with Crippen LogP contribution in [0.15, 0.2) is 11.6 Å². The van der Waals surface area contributed by atoms with E-state index in [4.69, 9.17) is 9.16 Å². The minimum Gasteiger partial charge on any atom is -0.463 e. The Bertz CT molecular complexity index is 458. The van der Waals surface area contributed by atoms with Crippen molar-refractivity contribution in [2.24, 2.45) is 17.3 Å². The maximum Gasteiger partial charge on any atom is 0.330 e. The van der Waals surface area contributed by atoms with Crippen molar-refractivity contribution in [2.45, 2.75) is 73.0 Å². The molecule has 0 radical (unpaired) electrons. The van der Waals surface area contributed by atoms with Gasteiger partial charge >= 0.3 is 5.97 Å². The Labute approximate surface area is 144 Å². The standard InChI is InChI=1S/C19H36O3Si/c1-10-21-17(20)12-15-11-16(19(6,7)14(15)2)13-22-23(8,9)18(3,4)5/h12,14,16H,10-11,13H2,1-9H3/b15-12-/t14-,16+/m1/s1. The number of rotatable bonds is 5. The van der Waals surface area contributed by atoms with Crippen LogP contribution < -0.4 is 0 Å². The predicted molar refractivity (Wildman–Crippen MR) is 98.9 cm³/mol. The highest BCUT2D eigenvalue weighted by molar-refractivity contribution is 6.74. The molecule has 2 atom stereocenters. The van der Waals surface area contributed by atoms with Crippen LogP contribution in [0.4, 0.5) is 0 Å². The number of allylic oxidation sites excluding steroid dienone is 1. The van der Waals surface area contributed by atoms with Crippen LogP contribution in [0.3, 0.4) is 0 Å². The second-order valence-corrected chi connectivity index (χ2v) is 13.8. The summed E-state index contributed by atoms with van der Waals surface area (Å²) in [5, 5.41) is 0.227. The number of carbonyl (C=O) groups excluding carboxylic acids is 1. The van der Waals surface area contributed by atoms with E-state index in [-0.39, 0.29) is 16.4 Å². The molecule has 1 fully saturated rings. The van der Waals surface area contributed by atoms with Gasteiger partial charge in [0.1, 0.15) is 0 Å². The molecule has 0 aromatic heterocycles. The highest BCUT2D eigenvalue weighted by Crippen LogP contribution is 2.51. The summed E-state index contributed by atoms with van der Waals surface area (Å²) in [6, 6.07) is 0. The molecule has 4 heteroatoms. The second kappa shape index (κ2) is 7.10. The van der Waals surface area contributed by atoms with Crippen molar-refractivity contribution in [2.75, 3.05) is 13.2 Å². The first-order valence-corrected chi connectivity index (χ1v) is 11.7. The molecule has 23 heavy (non-hydrogen) atoms. The zero-order valence-corrected chi connectivity index (χ0v) is 17.6. The van der Waals surface area contributed by atoms with E-state index in [9.17, 15) is 4.79 Å². The minimum atomic E-state index is -1.73. The van der Waals surface area contributed by atoms with Crippen LogP contribution in [0.1, 0.15) is 54.9 Å². The summed E-state index contributed by atoms with van der Waals surface area (Å²) in [4.78, 5) is 11.8. The van der Waals surface area contributed by atoms with E-state index in [1.54, 1.807) is 6.08 Å². The molecule has 0 spiro atoms. The molecule has 0 heterocycles. The molecule has 134 valence electrons. The summed E-state index contributed by atoms with van der Waals surface area (Å²) in [7, 11) is -1.73. The zero-order valence-electron chi connectivity index (χ0n) is 16.6. The van der Waals surface area contributed by atoms with Crippen LogP contribution in [0.5, 0.6) is 0 Å². The Morgan fingerprint density at radius 1 is 1.35 bits per heavy atom. The number of carbonyl (C=O) groups is 1. The molecule has 0 saturated heterocycles. The van der Waals surface area contributed by atoms with E-state index >= 15 is 0 Å². The summed E-state index contributed by atoms with van der Waals surface area (Å²) in [6.07, 6.45) is 2.64. The number of hydrogen-bond donors (Lipinski definition) is 0. The average Bonchev–Trinajstić information content (AvgIpc) is 2.59. The molecular weight excluding hydrogens is 304 g/mol. The minimum absolute atomic E-state index is 0.140. The van der Waals surface area contributed by atoms with E-state index in [0.717, 1.165) is 13.0 Å². The van der Waals surface area contributed by atoms with Crippen molar-refractivity contribution < 1.29 is 14.0 Å². The van der Waals surface area contributed by atoms with Crippen molar-refractivity contribution in [1.29, 1.82) is 0 Å². The molecule has 0 amide bonds. The lowest BCUT2D eigenvalue weighted by atomic mass is 9.76. The highest BCUT2D eigenvalue weighted by atomic mass is 28.4. The van der Waals surface area contributed by atoms with E-state index in [1.165, 1.54) is 5.57 Å². The lowest BCUT2D eigenvalue weighted by molar-refractivity contribution is -0.137. The molecule has 0 unspecified atom stereocenters. The molecule has 1 saturated carbocycles. The molecule has 3 nitrogen and oxygen atoms in total. The van der Waals surface area contributed by atoms with Gasteiger partial charge < -0.3 is 9.16 Å². The van der Waals surface area contributed by atoms with Gasteiger partial charge in [0.25, 0.3) is 0 Å². The Balaban J connectivity index is 2.83. The third-order valence-electron chi connectivity index (χ3n) is 6.25. The number of hydrogen-bond acceptors (Lipinski definition) is 3. The molecule has 0 aromatic rings. The van der Waals surface area contributed by atoms with Crippen LogP contribution >= 0.6 is 0 Å². The van der Waals surface area contributed by atoms with Gasteiger partial charge in [-0.25, -0.2) is 4.79 Å². The third kappa shape index (κ3) is 4.69. The molecule has 0 N–H and O–H groups in total. The summed E-state index contributed by atoms with van der Waals surface area (Å²) in [5.74, 6) is 0.614. The van der Waals surface area contributed by atoms with Gasteiger partial charge in [-0.2, -0.15) is 0 Å². The molecule has 1 aliphatic carbocycles. The van der Waals surface area contributed by atoms with Crippen molar-refractivity contribution >= 4 is 14.3 Å². The normalized spacial score (nSPS) is 26.6. The van der Waals surface area contributed by atoms with Crippen LogP contribution in [0.2, 0.25) is 18.1 Å². The van der Waals surface area contributed by atoms with Gasteiger partial charge in [-0.05, 0) is 48.7 Å². The lowest BCUT2D eigenvalue weighted by Gasteiger charge is -2.39. The Morgan fingerprint density at radius 2 is 1.91 bits per heavy atom. The third-order valence-corrected chi connectivity index (χ3v) is 10.7. The first-order valence-electron chi connectivity index (χ1n) is 8.84. The molecular formula is C19H36O3Si. The Kier molecular flexibility index (Phi) is 6.31. The van der Waals surface area contributed by atoms with Crippen LogP contribution in [0, 0.1) is 17.3 Å². The van der Waals surface area contributed by atoms with Crippen LogP contribution in [0.25, 0.3) is 0 Å². The summed E-state index contributed by atoms with van der Waals surface area (Å²) in [5.41, 5.74) is 1.35. The molecule has 0 aromatic carbocycles. The average molecular weight is 341 g/mol. The van der Waals surface area contributed by atoms with Crippen molar-refractivity contribution in [3.8, 4) is 0 Å². The van der Waals surface area contributed by atoms with Gasteiger partial charge in [-0.15, -0.1) is 0 Å². The molecule has 0 bridgehead atoms. The molecule has 0 aliphatic heterocycles. The van der Waals surface area contributed by atoms with E-state index in [1.807, 2.05) is 6.92 Å². The smallest absolute Gasteiger partial charge is 0.330 e.